The smallest absolute Gasteiger partial charge is 0.326 e. The van der Waals surface area contributed by atoms with Gasteiger partial charge in [0.1, 0.15) is 28.4 Å². The molecule has 42 heavy (non-hydrogen) atoms. The Kier molecular flexibility index (Phi) is 7.37. The highest BCUT2D eigenvalue weighted by Crippen LogP contribution is 2.46. The molecule has 2 aliphatic heterocycles. The number of aliphatic imine (C=N–C) groups is 1. The highest BCUT2D eigenvalue weighted by atomic mass is 35.5. The third-order valence-corrected chi connectivity index (χ3v) is 9.38. The third kappa shape index (κ3) is 5.21. The summed E-state index contributed by atoms with van der Waals surface area (Å²) >= 11 is 7.70. The maximum Gasteiger partial charge on any atom is 0.333 e. The molecule has 1 fully saturated rings. The Morgan fingerprint density at radius 1 is 1.07 bits per heavy atom. The molecule has 4 aromatic rings. The van der Waals surface area contributed by atoms with Crippen molar-refractivity contribution in [1.29, 1.82) is 0 Å². The number of fused-ring (bicyclic) bond motifs is 1. The van der Waals surface area contributed by atoms with Crippen molar-refractivity contribution in [3.05, 3.63) is 105 Å². The van der Waals surface area contributed by atoms with E-state index in [0.717, 1.165) is 24.4 Å². The van der Waals surface area contributed by atoms with Gasteiger partial charge >= 0.3 is 6.55 Å². The quantitative estimate of drug-likeness (QED) is 0.259. The zero-order valence-electron chi connectivity index (χ0n) is 21.1. The minimum absolute atomic E-state index is 0.0125. The van der Waals surface area contributed by atoms with E-state index in [0.29, 0.717) is 38.4 Å². The van der Waals surface area contributed by atoms with Crippen LogP contribution < -0.4 is 4.72 Å². The predicted octanol–water partition coefficient (Wildman–Crippen LogP) is 5.77. The molecule has 1 saturated heterocycles. The maximum atomic E-state index is 14.4. The fraction of sp³-hybridized carbons (Fsp3) is 0.192. The number of hydrogen-bond donors (Lipinski definition) is 1. The molecule has 2 aliphatic rings. The van der Waals surface area contributed by atoms with Crippen LogP contribution in [0.25, 0.3) is 5.57 Å². The molecule has 2 atom stereocenters. The first kappa shape index (κ1) is 28.5. The van der Waals surface area contributed by atoms with Crippen LogP contribution >= 0.6 is 22.9 Å². The molecule has 0 amide bonds. The van der Waals surface area contributed by atoms with Crippen LogP contribution in [0.15, 0.2) is 75.8 Å². The van der Waals surface area contributed by atoms with Gasteiger partial charge in [0.05, 0.1) is 5.69 Å². The van der Waals surface area contributed by atoms with Gasteiger partial charge in [-0.2, -0.15) is 13.9 Å². The normalized spacial score (nSPS) is 19.0. The van der Waals surface area contributed by atoms with E-state index in [1.54, 1.807) is 16.5 Å². The molecule has 8 nitrogen and oxygen atoms in total. The van der Waals surface area contributed by atoms with Crippen LogP contribution in [-0.4, -0.2) is 46.5 Å². The molecule has 1 N–H and O–H groups in total. The molecule has 6 rings (SSSR count). The lowest BCUT2D eigenvalue weighted by Gasteiger charge is -2.32. The second-order valence-electron chi connectivity index (χ2n) is 9.39. The molecule has 0 bridgehead atoms. The number of benzene rings is 2. The van der Waals surface area contributed by atoms with Crippen LogP contribution in [0.5, 0.6) is 0 Å². The summed E-state index contributed by atoms with van der Waals surface area (Å²) in [6.07, 6.45) is 2.66. The summed E-state index contributed by atoms with van der Waals surface area (Å²) in [4.78, 5) is 10.2. The Morgan fingerprint density at radius 2 is 1.83 bits per heavy atom. The Hall–Kier alpha value is -3.66. The molecule has 4 heterocycles. The molecular formula is C26H18ClF5N6O2S2. The lowest BCUT2D eigenvalue weighted by Crippen LogP contribution is -2.39. The summed E-state index contributed by atoms with van der Waals surface area (Å²) in [5.74, 6) is -2.44. The van der Waals surface area contributed by atoms with Gasteiger partial charge in [-0.15, -0.1) is 11.3 Å². The zero-order chi connectivity index (χ0) is 29.8. The Labute approximate surface area is 244 Å². The summed E-state index contributed by atoms with van der Waals surface area (Å²) < 4.78 is 98.0. The molecule has 16 heteroatoms. The van der Waals surface area contributed by atoms with E-state index in [-0.39, 0.29) is 23.7 Å². The zero-order valence-corrected chi connectivity index (χ0v) is 23.4. The lowest BCUT2D eigenvalue weighted by molar-refractivity contribution is 0.0564. The van der Waals surface area contributed by atoms with Gasteiger partial charge in [0.15, 0.2) is 10.8 Å². The molecule has 0 aliphatic carbocycles. The van der Waals surface area contributed by atoms with E-state index in [2.05, 4.69) is 14.8 Å². The third-order valence-electron chi connectivity index (χ3n) is 6.73. The number of halogens is 6. The van der Waals surface area contributed by atoms with Crippen LogP contribution in [0.1, 0.15) is 35.3 Å². The van der Waals surface area contributed by atoms with Gasteiger partial charge in [0.25, 0.3) is 0 Å². The summed E-state index contributed by atoms with van der Waals surface area (Å²) in [6.45, 7) is -2.92. The first-order valence-corrected chi connectivity index (χ1v) is 15.0. The molecular weight excluding hydrogens is 623 g/mol. The number of aromatic nitrogens is 3. The number of rotatable bonds is 7. The van der Waals surface area contributed by atoms with E-state index < -0.39 is 51.0 Å². The van der Waals surface area contributed by atoms with Gasteiger partial charge in [0.2, 0.25) is 10.0 Å². The minimum Gasteiger partial charge on any atom is -0.326 e. The highest BCUT2D eigenvalue weighted by Gasteiger charge is 2.42. The van der Waals surface area contributed by atoms with E-state index in [1.165, 1.54) is 29.5 Å². The van der Waals surface area contributed by atoms with E-state index in [9.17, 15) is 30.4 Å². The minimum atomic E-state index is -4.45. The summed E-state index contributed by atoms with van der Waals surface area (Å²) in [6, 6.07) is 5.41. The van der Waals surface area contributed by atoms with E-state index in [4.69, 9.17) is 16.6 Å². The van der Waals surface area contributed by atoms with Crippen molar-refractivity contribution < 1.29 is 30.4 Å². The van der Waals surface area contributed by atoms with E-state index >= 15 is 0 Å². The Balaban J connectivity index is 1.49. The second kappa shape index (κ2) is 10.9. The standard InChI is InChI=1S/C26H18ClF5N6O2S2/c27-17-9-13(28)1-3-16(17)23-22(19-5-7-38(35-19)26(31)32)20-11-15(12-37(20)24(34-23)25-33-6-8-41-25)36-42(39,40)21-4-2-14(29)10-18(21)30/h1-10,15,23,26,36H,11-12H2/t15-,23-/m0/s1. The number of thiazole rings is 1. The van der Waals surface area contributed by atoms with Crippen LogP contribution in [0.4, 0.5) is 22.0 Å². The van der Waals surface area contributed by atoms with Crippen LogP contribution in [0.3, 0.4) is 0 Å². The lowest BCUT2D eigenvalue weighted by atomic mass is 9.92. The number of nitrogens with zero attached hydrogens (tertiary/aromatic N) is 5. The summed E-state index contributed by atoms with van der Waals surface area (Å²) in [7, 11) is -4.45. The Morgan fingerprint density at radius 3 is 2.50 bits per heavy atom. The van der Waals surface area contributed by atoms with E-state index in [1.807, 2.05) is 0 Å². The molecule has 0 radical (unpaired) electrons. The first-order valence-electron chi connectivity index (χ1n) is 12.3. The van der Waals surface area contributed by atoms with Crippen LogP contribution in [-0.2, 0) is 10.0 Å². The largest absolute Gasteiger partial charge is 0.333 e. The molecule has 0 unspecified atom stereocenters. The molecule has 0 spiro atoms. The van der Waals surface area contributed by atoms with Crippen molar-refractivity contribution in [3.63, 3.8) is 0 Å². The fourth-order valence-corrected chi connectivity index (χ4v) is 7.21. The monoisotopic (exact) mass is 640 g/mol. The van der Waals surface area contributed by atoms with Gasteiger partial charge < -0.3 is 4.90 Å². The molecule has 0 saturated carbocycles. The average molecular weight is 641 g/mol. The highest BCUT2D eigenvalue weighted by molar-refractivity contribution is 7.89. The number of sulfonamides is 1. The maximum absolute atomic E-state index is 14.4. The van der Waals surface area contributed by atoms with Gasteiger partial charge in [-0.05, 0) is 30.3 Å². The summed E-state index contributed by atoms with van der Waals surface area (Å²) in [5.41, 5.74) is 1.30. The predicted molar refractivity (Wildman–Crippen MR) is 145 cm³/mol. The second-order valence-corrected chi connectivity index (χ2v) is 12.4. The van der Waals surface area contributed by atoms with Crippen molar-refractivity contribution in [1.82, 2.24) is 24.4 Å². The van der Waals surface area contributed by atoms with Crippen molar-refractivity contribution in [2.45, 2.75) is 29.9 Å². The van der Waals surface area contributed by atoms with Gasteiger partial charge in [-0.1, -0.05) is 17.7 Å². The van der Waals surface area contributed by atoms with Gasteiger partial charge in [-0.3, -0.25) is 4.99 Å². The number of amidine groups is 1. The van der Waals surface area contributed by atoms with Crippen molar-refractivity contribution in [2.24, 2.45) is 4.99 Å². The summed E-state index contributed by atoms with van der Waals surface area (Å²) in [5, 5.41) is 6.25. The topological polar surface area (TPSA) is 92.5 Å². The SMILES string of the molecule is O=S(=O)(N[C@H]1CC2=C(c3ccn(C(F)F)n3)[C@H](c3ccc(F)cc3Cl)N=C(c3nccs3)N2C1)c1ccc(F)cc1F. The fourth-order valence-electron chi connectivity index (χ4n) is 5.01. The van der Waals surface area contributed by atoms with Crippen LogP contribution in [0.2, 0.25) is 5.02 Å². The Bertz CT molecular complexity index is 1850. The van der Waals surface area contributed by atoms with Gasteiger partial charge in [0, 0.05) is 64.7 Å². The molecule has 2 aromatic heterocycles. The van der Waals surface area contributed by atoms with Crippen molar-refractivity contribution >= 4 is 44.4 Å². The number of hydrogen-bond acceptors (Lipinski definition) is 7. The molecule has 2 aromatic carbocycles. The first-order chi connectivity index (χ1) is 20.0. The number of alkyl halides is 2. The molecule has 218 valence electrons. The van der Waals surface area contributed by atoms with Crippen LogP contribution in [0, 0.1) is 17.5 Å². The van der Waals surface area contributed by atoms with Gasteiger partial charge in [-0.25, -0.2) is 36.0 Å². The number of nitrogens with one attached hydrogen (secondary N) is 1. The average Bonchev–Trinajstić information content (AvgIpc) is 3.68. The van der Waals surface area contributed by atoms with Crippen molar-refractivity contribution in [2.75, 3.05) is 6.54 Å². The van der Waals surface area contributed by atoms with Crippen molar-refractivity contribution in [3.8, 4) is 0 Å².